The summed E-state index contributed by atoms with van der Waals surface area (Å²) in [5.41, 5.74) is 2.88. The minimum absolute atomic E-state index is 0.00935. The van der Waals surface area contributed by atoms with Gasteiger partial charge in [-0.05, 0) is 63.7 Å². The van der Waals surface area contributed by atoms with Crippen LogP contribution in [0.3, 0.4) is 0 Å². The summed E-state index contributed by atoms with van der Waals surface area (Å²) >= 11 is 5.74. The van der Waals surface area contributed by atoms with Gasteiger partial charge in [0.05, 0.1) is 5.69 Å². The SMILES string of the molecule is CC/C=C/N=C(Nc1ccc(F)c(Cl)c1F)c1c(C)ccc(NC(=O)/C=C/CN(C)C)c1C. The molecule has 0 radical (unpaired) electrons. The monoisotopic (exact) mass is 474 g/mol. The van der Waals surface area contributed by atoms with Crippen molar-refractivity contribution in [3.63, 3.8) is 0 Å². The highest BCUT2D eigenvalue weighted by atomic mass is 35.5. The third kappa shape index (κ3) is 7.23. The highest BCUT2D eigenvalue weighted by Gasteiger charge is 2.18. The molecule has 0 aromatic heterocycles. The smallest absolute Gasteiger partial charge is 0.248 e. The van der Waals surface area contributed by atoms with Crippen LogP contribution in [0.5, 0.6) is 0 Å². The van der Waals surface area contributed by atoms with E-state index in [1.54, 1.807) is 18.3 Å². The van der Waals surface area contributed by atoms with Gasteiger partial charge in [0.2, 0.25) is 5.91 Å². The van der Waals surface area contributed by atoms with Crippen molar-refractivity contribution in [2.75, 3.05) is 31.3 Å². The van der Waals surface area contributed by atoms with E-state index in [-0.39, 0.29) is 11.6 Å². The molecule has 0 unspecified atom stereocenters. The predicted molar refractivity (Wildman–Crippen MR) is 133 cm³/mol. The Morgan fingerprint density at radius 1 is 1.09 bits per heavy atom. The number of anilines is 2. The number of amides is 1. The molecule has 0 atom stereocenters. The number of hydrogen-bond acceptors (Lipinski definition) is 3. The van der Waals surface area contributed by atoms with Crippen LogP contribution in [0.15, 0.2) is 53.7 Å². The molecule has 0 aliphatic carbocycles. The molecule has 0 spiro atoms. The number of amidine groups is 1. The Kier molecular flexibility index (Phi) is 9.75. The number of carbonyl (C=O) groups excluding carboxylic acids is 1. The fourth-order valence-corrected chi connectivity index (χ4v) is 3.20. The molecule has 2 rings (SSSR count). The van der Waals surface area contributed by atoms with Crippen LogP contribution in [-0.2, 0) is 4.79 Å². The second-order valence-corrected chi connectivity index (χ2v) is 8.08. The molecule has 0 aliphatic heterocycles. The molecule has 2 aromatic carbocycles. The van der Waals surface area contributed by atoms with E-state index in [2.05, 4.69) is 15.6 Å². The fraction of sp³-hybridized carbons (Fsp3) is 0.280. The van der Waals surface area contributed by atoms with E-state index in [0.717, 1.165) is 23.6 Å². The number of hydrogen-bond donors (Lipinski definition) is 2. The topological polar surface area (TPSA) is 56.7 Å². The van der Waals surface area contributed by atoms with Gasteiger partial charge in [-0.25, -0.2) is 13.8 Å². The van der Waals surface area contributed by atoms with Gasteiger partial charge in [-0.1, -0.05) is 36.7 Å². The Balaban J connectivity index is 2.47. The summed E-state index contributed by atoms with van der Waals surface area (Å²) in [4.78, 5) is 18.8. The predicted octanol–water partition coefficient (Wildman–Crippen LogP) is 6.07. The first-order valence-electron chi connectivity index (χ1n) is 10.5. The number of rotatable bonds is 8. The molecule has 0 heterocycles. The molecule has 8 heteroatoms. The first kappa shape index (κ1) is 26.2. The Hall–Kier alpha value is -3.03. The standard InChI is InChI=1S/C25H29ClF2N4O/c1-6-7-14-29-25(31-20-13-11-18(27)23(26)24(20)28)22-16(2)10-12-19(17(22)3)30-21(33)9-8-15-32(4)5/h7-14H,6,15H2,1-5H3,(H,29,31)(H,30,33)/b9-8+,14-7+. The summed E-state index contributed by atoms with van der Waals surface area (Å²) in [6.45, 7) is 6.34. The summed E-state index contributed by atoms with van der Waals surface area (Å²) in [6, 6.07) is 6.00. The maximum atomic E-state index is 14.6. The summed E-state index contributed by atoms with van der Waals surface area (Å²) in [5, 5.41) is 5.22. The van der Waals surface area contributed by atoms with E-state index < -0.39 is 16.7 Å². The van der Waals surface area contributed by atoms with Crippen LogP contribution >= 0.6 is 11.6 Å². The molecule has 5 nitrogen and oxygen atoms in total. The van der Waals surface area contributed by atoms with Crippen molar-refractivity contribution >= 4 is 34.7 Å². The van der Waals surface area contributed by atoms with Crippen molar-refractivity contribution in [3.8, 4) is 0 Å². The van der Waals surface area contributed by atoms with Gasteiger partial charge in [0.15, 0.2) is 5.82 Å². The normalized spacial score (nSPS) is 12.2. The van der Waals surface area contributed by atoms with Gasteiger partial charge in [0.1, 0.15) is 16.7 Å². The number of aliphatic imine (C=N–C) groups is 1. The first-order chi connectivity index (χ1) is 15.6. The highest BCUT2D eigenvalue weighted by molar-refractivity contribution is 6.31. The van der Waals surface area contributed by atoms with E-state index in [4.69, 9.17) is 11.6 Å². The number of nitrogens with one attached hydrogen (secondary N) is 2. The van der Waals surface area contributed by atoms with Crippen LogP contribution in [-0.4, -0.2) is 37.3 Å². The van der Waals surface area contributed by atoms with Crippen molar-refractivity contribution in [2.24, 2.45) is 4.99 Å². The number of benzene rings is 2. The van der Waals surface area contributed by atoms with Crippen LogP contribution in [0.1, 0.15) is 30.0 Å². The summed E-state index contributed by atoms with van der Waals surface area (Å²) < 4.78 is 28.2. The summed E-state index contributed by atoms with van der Waals surface area (Å²) in [5.74, 6) is -1.67. The Bertz CT molecular complexity index is 1090. The Morgan fingerprint density at radius 2 is 1.79 bits per heavy atom. The third-order valence-electron chi connectivity index (χ3n) is 4.74. The van der Waals surface area contributed by atoms with Gasteiger partial charge in [-0.15, -0.1) is 0 Å². The second-order valence-electron chi connectivity index (χ2n) is 7.70. The van der Waals surface area contributed by atoms with Crippen molar-refractivity contribution in [3.05, 3.63) is 82.0 Å². The molecule has 176 valence electrons. The van der Waals surface area contributed by atoms with Crippen LogP contribution in [0.4, 0.5) is 20.2 Å². The molecular formula is C25H29ClF2N4O. The van der Waals surface area contributed by atoms with Crippen LogP contribution in [0, 0.1) is 25.5 Å². The zero-order chi connectivity index (χ0) is 24.5. The Morgan fingerprint density at radius 3 is 2.45 bits per heavy atom. The molecule has 2 aromatic rings. The Labute approximate surface area is 198 Å². The molecule has 33 heavy (non-hydrogen) atoms. The van der Waals surface area contributed by atoms with Gasteiger partial charge in [-0.2, -0.15) is 0 Å². The lowest BCUT2D eigenvalue weighted by molar-refractivity contribution is -0.111. The average Bonchev–Trinajstić information content (AvgIpc) is 2.75. The van der Waals surface area contributed by atoms with Crippen LogP contribution < -0.4 is 10.6 Å². The molecule has 0 saturated heterocycles. The fourth-order valence-electron chi connectivity index (χ4n) is 3.03. The number of halogens is 3. The lowest BCUT2D eigenvalue weighted by atomic mass is 9.99. The molecule has 0 fully saturated rings. The van der Waals surface area contributed by atoms with E-state index >= 15 is 0 Å². The minimum Gasteiger partial charge on any atom is -0.337 e. The van der Waals surface area contributed by atoms with Gasteiger partial charge in [0.25, 0.3) is 0 Å². The van der Waals surface area contributed by atoms with Crippen LogP contribution in [0.25, 0.3) is 0 Å². The lowest BCUT2D eigenvalue weighted by Gasteiger charge is -2.18. The highest BCUT2D eigenvalue weighted by Crippen LogP contribution is 2.28. The zero-order valence-electron chi connectivity index (χ0n) is 19.5. The van der Waals surface area contributed by atoms with Gasteiger partial charge < -0.3 is 15.5 Å². The molecule has 1 amide bonds. The quantitative estimate of drug-likeness (QED) is 0.211. The zero-order valence-corrected chi connectivity index (χ0v) is 20.2. The van der Waals surface area contributed by atoms with E-state index in [1.165, 1.54) is 12.1 Å². The number of nitrogens with zero attached hydrogens (tertiary/aromatic N) is 2. The third-order valence-corrected chi connectivity index (χ3v) is 5.09. The van der Waals surface area contributed by atoms with E-state index in [0.29, 0.717) is 23.6 Å². The average molecular weight is 475 g/mol. The van der Waals surface area contributed by atoms with Crippen LogP contribution in [0.2, 0.25) is 5.02 Å². The molecule has 0 aliphatic rings. The van der Waals surface area contributed by atoms with Gasteiger partial charge in [0, 0.05) is 30.1 Å². The molecule has 2 N–H and O–H groups in total. The number of likely N-dealkylation sites (N-methyl/N-ethyl adjacent to an activating group) is 1. The van der Waals surface area contributed by atoms with E-state index in [9.17, 15) is 13.6 Å². The van der Waals surface area contributed by atoms with Crippen molar-refractivity contribution in [1.29, 1.82) is 0 Å². The number of aryl methyl sites for hydroxylation is 1. The second kappa shape index (κ2) is 12.3. The summed E-state index contributed by atoms with van der Waals surface area (Å²) in [7, 11) is 3.83. The maximum Gasteiger partial charge on any atom is 0.248 e. The van der Waals surface area contributed by atoms with Crippen molar-refractivity contribution in [1.82, 2.24) is 4.90 Å². The lowest BCUT2D eigenvalue weighted by Crippen LogP contribution is -2.19. The molecular weight excluding hydrogens is 446 g/mol. The molecule has 0 bridgehead atoms. The summed E-state index contributed by atoms with van der Waals surface area (Å²) in [6.07, 6.45) is 7.47. The minimum atomic E-state index is -0.908. The maximum absolute atomic E-state index is 14.6. The largest absolute Gasteiger partial charge is 0.337 e. The first-order valence-corrected chi connectivity index (χ1v) is 10.9. The number of carbonyl (C=O) groups is 1. The number of allylic oxidation sites excluding steroid dienone is 1. The molecule has 0 saturated carbocycles. The van der Waals surface area contributed by atoms with Gasteiger partial charge in [-0.3, -0.25) is 4.79 Å². The van der Waals surface area contributed by atoms with Crippen molar-refractivity contribution in [2.45, 2.75) is 27.2 Å². The van der Waals surface area contributed by atoms with E-state index in [1.807, 2.05) is 51.9 Å². The van der Waals surface area contributed by atoms with Gasteiger partial charge >= 0.3 is 0 Å². The van der Waals surface area contributed by atoms with Crippen molar-refractivity contribution < 1.29 is 13.6 Å².